The first kappa shape index (κ1) is 11.7. The monoisotopic (exact) mass is 225 g/mol. The highest BCUT2D eigenvalue weighted by Crippen LogP contribution is 2.13. The fourth-order valence-corrected chi connectivity index (χ4v) is 1.38. The van der Waals surface area contributed by atoms with Crippen LogP contribution < -0.4 is 5.11 Å². The predicted molar refractivity (Wildman–Crippen MR) is 54.3 cm³/mol. The SMILES string of the molecule is CC(=O)C(Cc1ccc(Cl)cc1)C(=O)[O-]. The molecule has 80 valence electrons. The third-order valence-electron chi connectivity index (χ3n) is 2.13. The fourth-order valence-electron chi connectivity index (χ4n) is 1.25. The Kier molecular flexibility index (Phi) is 3.86. The maximum atomic E-state index is 11.0. The van der Waals surface area contributed by atoms with Gasteiger partial charge in [0.25, 0.3) is 0 Å². The summed E-state index contributed by atoms with van der Waals surface area (Å²) >= 11 is 5.68. The van der Waals surface area contributed by atoms with Gasteiger partial charge in [0.05, 0.1) is 11.9 Å². The van der Waals surface area contributed by atoms with Crippen molar-refractivity contribution in [2.45, 2.75) is 13.3 Å². The molecule has 0 spiro atoms. The van der Waals surface area contributed by atoms with Crippen molar-refractivity contribution >= 4 is 23.4 Å². The van der Waals surface area contributed by atoms with Crippen LogP contribution in [0.5, 0.6) is 0 Å². The fraction of sp³-hybridized carbons (Fsp3) is 0.273. The molecule has 0 aromatic heterocycles. The quantitative estimate of drug-likeness (QED) is 0.714. The van der Waals surface area contributed by atoms with Gasteiger partial charge in [-0.25, -0.2) is 0 Å². The molecule has 0 saturated carbocycles. The van der Waals surface area contributed by atoms with Crippen LogP contribution in [-0.2, 0) is 16.0 Å². The lowest BCUT2D eigenvalue weighted by atomic mass is 9.96. The van der Waals surface area contributed by atoms with Gasteiger partial charge in [0.15, 0.2) is 0 Å². The molecule has 0 heterocycles. The standard InChI is InChI=1S/C11H11ClO3/c1-7(13)10(11(14)15)6-8-2-4-9(12)5-3-8/h2-5,10H,6H2,1H3,(H,14,15)/p-1. The van der Waals surface area contributed by atoms with Crippen molar-refractivity contribution in [2.75, 3.05) is 0 Å². The zero-order valence-electron chi connectivity index (χ0n) is 8.20. The summed E-state index contributed by atoms with van der Waals surface area (Å²) in [6.07, 6.45) is 0.148. The number of ketones is 1. The smallest absolute Gasteiger partial charge is 0.138 e. The van der Waals surface area contributed by atoms with Crippen LogP contribution in [-0.4, -0.2) is 11.8 Å². The minimum atomic E-state index is -1.34. The van der Waals surface area contributed by atoms with Gasteiger partial charge in [0, 0.05) is 5.02 Å². The number of benzene rings is 1. The molecule has 15 heavy (non-hydrogen) atoms. The molecule has 1 unspecified atom stereocenters. The van der Waals surface area contributed by atoms with E-state index in [0.717, 1.165) is 5.56 Å². The first-order valence-corrected chi connectivity index (χ1v) is 4.84. The number of carboxylic acids is 1. The molecule has 1 rings (SSSR count). The number of rotatable bonds is 4. The van der Waals surface area contributed by atoms with Gasteiger partial charge in [-0.05, 0) is 31.0 Å². The molecule has 0 N–H and O–H groups in total. The highest BCUT2D eigenvalue weighted by Gasteiger charge is 2.15. The Hall–Kier alpha value is -1.35. The lowest BCUT2D eigenvalue weighted by Gasteiger charge is -2.14. The molecule has 3 nitrogen and oxygen atoms in total. The largest absolute Gasteiger partial charge is 0.549 e. The minimum Gasteiger partial charge on any atom is -0.549 e. The van der Waals surface area contributed by atoms with Crippen molar-refractivity contribution in [3.05, 3.63) is 34.9 Å². The number of carbonyl (C=O) groups is 2. The molecule has 0 aliphatic rings. The lowest BCUT2D eigenvalue weighted by Crippen LogP contribution is -2.36. The molecule has 0 amide bonds. The van der Waals surface area contributed by atoms with Crippen molar-refractivity contribution in [3.8, 4) is 0 Å². The maximum Gasteiger partial charge on any atom is 0.138 e. The van der Waals surface area contributed by atoms with E-state index in [9.17, 15) is 14.7 Å². The molecule has 0 bridgehead atoms. The van der Waals surface area contributed by atoms with Crippen LogP contribution in [0.1, 0.15) is 12.5 Å². The second kappa shape index (κ2) is 4.94. The van der Waals surface area contributed by atoms with E-state index in [1.54, 1.807) is 24.3 Å². The molecule has 0 aliphatic heterocycles. The Labute approximate surface area is 92.7 Å². The first-order valence-electron chi connectivity index (χ1n) is 4.46. The number of carbonyl (C=O) groups excluding carboxylic acids is 2. The number of Topliss-reactive ketones (excluding diaryl/α,β-unsaturated/α-hetero) is 1. The van der Waals surface area contributed by atoms with E-state index in [0.29, 0.717) is 5.02 Å². The summed E-state index contributed by atoms with van der Waals surface area (Å²) in [5.74, 6) is -2.81. The number of hydrogen-bond donors (Lipinski definition) is 0. The minimum absolute atomic E-state index is 0.148. The molecular formula is C11H10ClO3-. The first-order chi connectivity index (χ1) is 7.00. The molecule has 0 saturated heterocycles. The molecule has 1 atom stereocenters. The molecule has 0 radical (unpaired) electrons. The van der Waals surface area contributed by atoms with Crippen LogP contribution in [0.3, 0.4) is 0 Å². The van der Waals surface area contributed by atoms with E-state index in [4.69, 9.17) is 11.6 Å². The average Bonchev–Trinajstić information content (AvgIpc) is 2.15. The Balaban J connectivity index is 2.79. The van der Waals surface area contributed by atoms with Crippen LogP contribution >= 0.6 is 11.6 Å². The highest BCUT2D eigenvalue weighted by atomic mass is 35.5. The van der Waals surface area contributed by atoms with E-state index >= 15 is 0 Å². The maximum absolute atomic E-state index is 11.0. The average molecular weight is 226 g/mol. The molecule has 4 heteroatoms. The van der Waals surface area contributed by atoms with Crippen LogP contribution in [0, 0.1) is 5.92 Å². The van der Waals surface area contributed by atoms with Gasteiger partial charge in [0.1, 0.15) is 5.78 Å². The summed E-state index contributed by atoms with van der Waals surface area (Å²) < 4.78 is 0. The number of hydrogen-bond acceptors (Lipinski definition) is 3. The van der Waals surface area contributed by atoms with E-state index in [2.05, 4.69) is 0 Å². The van der Waals surface area contributed by atoms with E-state index in [1.807, 2.05) is 0 Å². The number of aliphatic carboxylic acids is 1. The van der Waals surface area contributed by atoms with Crippen LogP contribution in [0.4, 0.5) is 0 Å². The van der Waals surface area contributed by atoms with Gasteiger partial charge in [-0.2, -0.15) is 0 Å². The van der Waals surface area contributed by atoms with Gasteiger partial charge in [-0.3, -0.25) is 4.79 Å². The summed E-state index contributed by atoms with van der Waals surface area (Å²) in [5.41, 5.74) is 0.754. The zero-order valence-corrected chi connectivity index (χ0v) is 8.95. The third-order valence-corrected chi connectivity index (χ3v) is 2.38. The molecule has 0 fully saturated rings. The molecular weight excluding hydrogens is 216 g/mol. The predicted octanol–water partition coefficient (Wildman–Crippen LogP) is 0.838. The van der Waals surface area contributed by atoms with E-state index in [-0.39, 0.29) is 6.42 Å². The van der Waals surface area contributed by atoms with E-state index < -0.39 is 17.7 Å². The Morgan fingerprint density at radius 2 is 1.87 bits per heavy atom. The lowest BCUT2D eigenvalue weighted by molar-refractivity contribution is -0.309. The number of halogens is 1. The second-order valence-electron chi connectivity index (χ2n) is 3.31. The van der Waals surface area contributed by atoms with Crippen molar-refractivity contribution in [1.29, 1.82) is 0 Å². The molecule has 1 aromatic rings. The molecule has 1 aromatic carbocycles. The Morgan fingerprint density at radius 3 is 2.27 bits per heavy atom. The normalized spacial score (nSPS) is 12.1. The van der Waals surface area contributed by atoms with Crippen molar-refractivity contribution < 1.29 is 14.7 Å². The van der Waals surface area contributed by atoms with Crippen LogP contribution in [0.15, 0.2) is 24.3 Å². The molecule has 0 aliphatic carbocycles. The van der Waals surface area contributed by atoms with Gasteiger partial charge >= 0.3 is 0 Å². The summed E-state index contributed by atoms with van der Waals surface area (Å²) in [6, 6.07) is 6.70. The van der Waals surface area contributed by atoms with Gasteiger partial charge in [-0.15, -0.1) is 0 Å². The van der Waals surface area contributed by atoms with Gasteiger partial charge < -0.3 is 9.90 Å². The third kappa shape index (κ3) is 3.36. The Morgan fingerprint density at radius 1 is 1.33 bits per heavy atom. The summed E-state index contributed by atoms with van der Waals surface area (Å²) in [7, 11) is 0. The van der Waals surface area contributed by atoms with Gasteiger partial charge in [-0.1, -0.05) is 23.7 Å². The highest BCUT2D eigenvalue weighted by molar-refractivity contribution is 6.30. The summed E-state index contributed by atoms with van der Waals surface area (Å²) in [4.78, 5) is 21.7. The van der Waals surface area contributed by atoms with Crippen molar-refractivity contribution in [2.24, 2.45) is 5.92 Å². The summed E-state index contributed by atoms with van der Waals surface area (Å²) in [6.45, 7) is 1.25. The van der Waals surface area contributed by atoms with Gasteiger partial charge in [0.2, 0.25) is 0 Å². The summed E-state index contributed by atoms with van der Waals surface area (Å²) in [5, 5.41) is 11.2. The van der Waals surface area contributed by atoms with Crippen LogP contribution in [0.2, 0.25) is 5.02 Å². The van der Waals surface area contributed by atoms with Crippen LogP contribution in [0.25, 0.3) is 0 Å². The topological polar surface area (TPSA) is 57.2 Å². The zero-order chi connectivity index (χ0) is 11.4. The van der Waals surface area contributed by atoms with E-state index in [1.165, 1.54) is 6.92 Å². The number of carboxylic acid groups (broad SMARTS) is 1. The van der Waals surface area contributed by atoms with Crippen molar-refractivity contribution in [3.63, 3.8) is 0 Å². The Bertz CT molecular complexity index is 356. The van der Waals surface area contributed by atoms with Crippen molar-refractivity contribution in [1.82, 2.24) is 0 Å². The second-order valence-corrected chi connectivity index (χ2v) is 3.75.